The molecule has 128 valence electrons. The molecule has 0 saturated carbocycles. The van der Waals surface area contributed by atoms with Gasteiger partial charge in [-0.2, -0.15) is 0 Å². The number of carbonyl (C=O) groups excluding carboxylic acids is 1. The van der Waals surface area contributed by atoms with E-state index in [1.807, 2.05) is 35.0 Å². The van der Waals surface area contributed by atoms with E-state index in [1.54, 1.807) is 26.6 Å². The molecule has 2 aromatic rings. The van der Waals surface area contributed by atoms with Crippen molar-refractivity contribution in [2.45, 2.75) is 13.0 Å². The Balaban J connectivity index is 1.74. The number of nitrogens with zero attached hydrogens (tertiary/aromatic N) is 3. The molecule has 0 aliphatic heterocycles. The Morgan fingerprint density at radius 2 is 2.12 bits per heavy atom. The lowest BCUT2D eigenvalue weighted by Crippen LogP contribution is -2.39. The minimum atomic E-state index is -0.0678. The number of guanidine groups is 1. The number of aliphatic imine (C=N–C) groups is 1. The minimum Gasteiger partial charge on any atom is -0.356 e. The predicted molar refractivity (Wildman–Crippen MR) is 95.1 cm³/mol. The summed E-state index contributed by atoms with van der Waals surface area (Å²) < 4.78 is 2.00. The van der Waals surface area contributed by atoms with Crippen LogP contribution in [0, 0.1) is 0 Å². The molecule has 0 radical (unpaired) electrons. The molecule has 0 saturated heterocycles. The first-order valence-corrected chi connectivity index (χ1v) is 7.94. The largest absolute Gasteiger partial charge is 0.356 e. The van der Waals surface area contributed by atoms with Crippen LogP contribution >= 0.6 is 0 Å². The second kappa shape index (κ2) is 9.34. The lowest BCUT2D eigenvalue weighted by molar-refractivity contribution is 0.0963. The summed E-state index contributed by atoms with van der Waals surface area (Å²) in [6.07, 6.45) is 6.29. The van der Waals surface area contributed by atoms with Crippen LogP contribution in [-0.2, 0) is 13.0 Å². The van der Waals surface area contributed by atoms with Gasteiger partial charge in [0.05, 0.1) is 6.33 Å². The van der Waals surface area contributed by atoms with E-state index in [0.29, 0.717) is 5.56 Å². The van der Waals surface area contributed by atoms with Gasteiger partial charge in [-0.1, -0.05) is 12.1 Å². The molecule has 24 heavy (non-hydrogen) atoms. The van der Waals surface area contributed by atoms with Crippen LogP contribution in [0.3, 0.4) is 0 Å². The van der Waals surface area contributed by atoms with Crippen LogP contribution in [0.5, 0.6) is 0 Å². The normalized spacial score (nSPS) is 11.2. The number of hydrogen-bond donors (Lipinski definition) is 3. The summed E-state index contributed by atoms with van der Waals surface area (Å²) in [6.45, 7) is 2.33. The van der Waals surface area contributed by atoms with Gasteiger partial charge < -0.3 is 20.5 Å². The smallest absolute Gasteiger partial charge is 0.251 e. The highest BCUT2D eigenvalue weighted by Gasteiger charge is 2.04. The molecule has 0 spiro atoms. The van der Waals surface area contributed by atoms with Crippen molar-refractivity contribution >= 4 is 11.9 Å². The molecule has 1 aromatic carbocycles. The van der Waals surface area contributed by atoms with Crippen molar-refractivity contribution in [1.82, 2.24) is 25.5 Å². The summed E-state index contributed by atoms with van der Waals surface area (Å²) in [5, 5.41) is 9.17. The van der Waals surface area contributed by atoms with E-state index in [4.69, 9.17) is 0 Å². The topological polar surface area (TPSA) is 83.3 Å². The first-order chi connectivity index (χ1) is 11.7. The molecular weight excluding hydrogens is 304 g/mol. The quantitative estimate of drug-likeness (QED) is 0.515. The average Bonchev–Trinajstić information content (AvgIpc) is 3.13. The molecular formula is C17H24N6O. The minimum absolute atomic E-state index is 0.0678. The molecule has 0 aliphatic carbocycles. The molecule has 0 bridgehead atoms. The van der Waals surface area contributed by atoms with E-state index < -0.39 is 0 Å². The van der Waals surface area contributed by atoms with Crippen LogP contribution in [0.25, 0.3) is 0 Å². The Labute approximate surface area is 142 Å². The summed E-state index contributed by atoms with van der Waals surface area (Å²) >= 11 is 0. The molecule has 7 heteroatoms. The van der Waals surface area contributed by atoms with Crippen molar-refractivity contribution in [3.05, 3.63) is 54.1 Å². The zero-order valence-electron chi connectivity index (χ0n) is 14.1. The molecule has 1 heterocycles. The zero-order chi connectivity index (χ0) is 17.2. The van der Waals surface area contributed by atoms with Gasteiger partial charge in [-0.25, -0.2) is 4.98 Å². The number of aromatic nitrogens is 2. The van der Waals surface area contributed by atoms with Gasteiger partial charge in [0.1, 0.15) is 0 Å². The number of imidazole rings is 1. The lowest BCUT2D eigenvalue weighted by Gasteiger charge is -2.12. The standard InChI is InChI=1S/C17H24N6O/c1-18-16(24)15-5-3-4-14(12-15)6-7-21-17(19-2)22-9-11-23-10-8-20-13-23/h3-5,8,10,12-13H,6-7,9,11H2,1-2H3,(H,18,24)(H2,19,21,22). The number of amides is 1. The van der Waals surface area contributed by atoms with Crippen LogP contribution in [-0.4, -0.2) is 48.6 Å². The highest BCUT2D eigenvalue weighted by molar-refractivity contribution is 5.94. The summed E-state index contributed by atoms with van der Waals surface area (Å²) in [4.78, 5) is 19.9. The summed E-state index contributed by atoms with van der Waals surface area (Å²) in [5.74, 6) is 0.694. The molecule has 0 atom stereocenters. The molecule has 2 rings (SSSR count). The molecule has 0 aliphatic rings. The first-order valence-electron chi connectivity index (χ1n) is 7.94. The van der Waals surface area contributed by atoms with Crippen LogP contribution < -0.4 is 16.0 Å². The monoisotopic (exact) mass is 328 g/mol. The summed E-state index contributed by atoms with van der Waals surface area (Å²) in [5.41, 5.74) is 1.79. The van der Waals surface area contributed by atoms with E-state index in [9.17, 15) is 4.79 Å². The van der Waals surface area contributed by atoms with Crippen LogP contribution in [0.15, 0.2) is 48.0 Å². The van der Waals surface area contributed by atoms with Crippen LogP contribution in [0.2, 0.25) is 0 Å². The second-order valence-corrected chi connectivity index (χ2v) is 5.26. The van der Waals surface area contributed by atoms with Gasteiger partial charge in [0.2, 0.25) is 0 Å². The SMILES string of the molecule is CN=C(NCCc1cccc(C(=O)NC)c1)NCCn1ccnc1. The van der Waals surface area contributed by atoms with Crippen molar-refractivity contribution < 1.29 is 4.79 Å². The summed E-state index contributed by atoms with van der Waals surface area (Å²) in [7, 11) is 3.38. The number of benzene rings is 1. The van der Waals surface area contributed by atoms with Gasteiger partial charge in [0.15, 0.2) is 5.96 Å². The summed E-state index contributed by atoms with van der Waals surface area (Å²) in [6, 6.07) is 7.64. The molecule has 3 N–H and O–H groups in total. The maximum absolute atomic E-state index is 11.6. The van der Waals surface area contributed by atoms with Crippen molar-refractivity contribution in [3.63, 3.8) is 0 Å². The molecule has 1 aromatic heterocycles. The van der Waals surface area contributed by atoms with E-state index in [2.05, 4.69) is 25.9 Å². The maximum Gasteiger partial charge on any atom is 0.251 e. The highest BCUT2D eigenvalue weighted by atomic mass is 16.1. The molecule has 7 nitrogen and oxygen atoms in total. The fourth-order valence-electron chi connectivity index (χ4n) is 2.28. The fraction of sp³-hybridized carbons (Fsp3) is 0.353. The number of nitrogens with one attached hydrogen (secondary N) is 3. The number of carbonyl (C=O) groups is 1. The van der Waals surface area contributed by atoms with Crippen molar-refractivity contribution in [2.24, 2.45) is 4.99 Å². The zero-order valence-corrected chi connectivity index (χ0v) is 14.1. The highest BCUT2D eigenvalue weighted by Crippen LogP contribution is 2.05. The van der Waals surface area contributed by atoms with Crippen molar-refractivity contribution in [1.29, 1.82) is 0 Å². The van der Waals surface area contributed by atoms with Gasteiger partial charge in [0.25, 0.3) is 5.91 Å². The van der Waals surface area contributed by atoms with Crippen molar-refractivity contribution in [3.8, 4) is 0 Å². The third-order valence-electron chi connectivity index (χ3n) is 3.57. The van der Waals surface area contributed by atoms with E-state index >= 15 is 0 Å². The Morgan fingerprint density at radius 1 is 1.29 bits per heavy atom. The van der Waals surface area contributed by atoms with Gasteiger partial charge >= 0.3 is 0 Å². The molecule has 0 fully saturated rings. The van der Waals surface area contributed by atoms with Crippen molar-refractivity contribution in [2.75, 3.05) is 27.2 Å². The number of rotatable bonds is 7. The third-order valence-corrected chi connectivity index (χ3v) is 3.57. The molecule has 1 amide bonds. The Bertz CT molecular complexity index is 665. The first kappa shape index (κ1) is 17.5. The Hall–Kier alpha value is -2.83. The van der Waals surface area contributed by atoms with Gasteiger partial charge in [-0.3, -0.25) is 9.79 Å². The number of hydrogen-bond acceptors (Lipinski definition) is 3. The average molecular weight is 328 g/mol. The fourth-order valence-corrected chi connectivity index (χ4v) is 2.28. The second-order valence-electron chi connectivity index (χ2n) is 5.26. The molecule has 0 unspecified atom stereocenters. The van der Waals surface area contributed by atoms with E-state index in [-0.39, 0.29) is 5.91 Å². The van der Waals surface area contributed by atoms with Gasteiger partial charge in [0, 0.05) is 51.7 Å². The predicted octanol–water partition coefficient (Wildman–Crippen LogP) is 0.650. The van der Waals surface area contributed by atoms with Gasteiger partial charge in [-0.15, -0.1) is 0 Å². The van der Waals surface area contributed by atoms with Gasteiger partial charge in [-0.05, 0) is 24.1 Å². The Kier molecular flexibility index (Phi) is 6.82. The van der Waals surface area contributed by atoms with Crippen LogP contribution in [0.1, 0.15) is 15.9 Å². The van der Waals surface area contributed by atoms with E-state index in [1.165, 1.54) is 0 Å². The lowest BCUT2D eigenvalue weighted by atomic mass is 10.1. The Morgan fingerprint density at radius 3 is 2.83 bits per heavy atom. The van der Waals surface area contributed by atoms with E-state index in [0.717, 1.165) is 37.6 Å². The maximum atomic E-state index is 11.6. The van der Waals surface area contributed by atoms with Crippen LogP contribution in [0.4, 0.5) is 0 Å². The third kappa shape index (κ3) is 5.42.